The maximum Gasteiger partial charge on any atom is 0.258 e. The normalized spacial score (nSPS) is 12.7. The minimum absolute atomic E-state index is 0.0787. The number of nitrogens with one attached hydrogen (secondary N) is 1. The molecule has 1 heterocycles. The molecule has 0 bridgehead atoms. The van der Waals surface area contributed by atoms with Gasteiger partial charge in [0.05, 0.1) is 16.6 Å². The number of likely N-dealkylation sites (N-methyl/N-ethyl adjacent to an activating group) is 1. The highest BCUT2D eigenvalue weighted by Crippen LogP contribution is 2.31. The fraction of sp³-hybridized carbons (Fsp3) is 0.190. The third-order valence-electron chi connectivity index (χ3n) is 4.60. The number of rotatable bonds is 6. The van der Waals surface area contributed by atoms with E-state index in [-0.39, 0.29) is 37.2 Å². The molecule has 6 nitrogen and oxygen atoms in total. The van der Waals surface area contributed by atoms with Crippen molar-refractivity contribution in [2.45, 2.75) is 6.42 Å². The second-order valence-electron chi connectivity index (χ2n) is 6.63. The van der Waals surface area contributed by atoms with Crippen molar-refractivity contribution in [3.05, 3.63) is 70.2 Å². The second kappa shape index (κ2) is 8.68. The van der Waals surface area contributed by atoms with E-state index in [1.165, 1.54) is 22.9 Å². The van der Waals surface area contributed by atoms with Crippen molar-refractivity contribution >= 4 is 52.3 Å². The highest BCUT2D eigenvalue weighted by molar-refractivity contribution is 6.42. The number of amides is 3. The first kappa shape index (κ1) is 20.9. The maximum atomic E-state index is 12.5. The maximum absolute atomic E-state index is 12.5. The van der Waals surface area contributed by atoms with Gasteiger partial charge >= 0.3 is 0 Å². The summed E-state index contributed by atoms with van der Waals surface area (Å²) in [5.74, 6) is -0.794. The zero-order chi connectivity index (χ0) is 21.1. The molecule has 8 heteroatoms. The first-order chi connectivity index (χ1) is 13.8. The molecule has 0 aliphatic carbocycles. The molecule has 0 saturated carbocycles. The summed E-state index contributed by atoms with van der Waals surface area (Å²) >= 11 is 11.8. The Hall–Kier alpha value is -2.83. The molecular formula is C21H19Cl2N3O3. The zero-order valence-electron chi connectivity index (χ0n) is 15.7. The predicted octanol–water partition coefficient (Wildman–Crippen LogP) is 3.91. The summed E-state index contributed by atoms with van der Waals surface area (Å²) in [7, 11) is 1.53. The molecular weight excluding hydrogens is 413 g/mol. The fourth-order valence-corrected chi connectivity index (χ4v) is 3.35. The van der Waals surface area contributed by atoms with Gasteiger partial charge in [-0.1, -0.05) is 48.0 Å². The second-order valence-corrected chi connectivity index (χ2v) is 7.44. The van der Waals surface area contributed by atoms with E-state index in [1.54, 1.807) is 24.3 Å². The van der Waals surface area contributed by atoms with Gasteiger partial charge in [-0.25, -0.2) is 0 Å². The van der Waals surface area contributed by atoms with Crippen molar-refractivity contribution in [3.63, 3.8) is 0 Å². The third-order valence-corrected chi connectivity index (χ3v) is 5.34. The molecule has 0 saturated heterocycles. The number of benzene rings is 2. The van der Waals surface area contributed by atoms with Crippen LogP contribution in [0.1, 0.15) is 22.3 Å². The van der Waals surface area contributed by atoms with Crippen LogP contribution in [0.25, 0.3) is 5.70 Å². The van der Waals surface area contributed by atoms with Crippen molar-refractivity contribution in [2.75, 3.05) is 25.5 Å². The van der Waals surface area contributed by atoms with Gasteiger partial charge in [0, 0.05) is 42.5 Å². The van der Waals surface area contributed by atoms with Crippen LogP contribution in [0.15, 0.2) is 49.0 Å². The quantitative estimate of drug-likeness (QED) is 0.753. The summed E-state index contributed by atoms with van der Waals surface area (Å²) < 4.78 is 0. The van der Waals surface area contributed by atoms with E-state index in [2.05, 4.69) is 11.9 Å². The number of fused-ring (bicyclic) bond motifs is 1. The Morgan fingerprint density at radius 2 is 1.79 bits per heavy atom. The van der Waals surface area contributed by atoms with Gasteiger partial charge in [0.2, 0.25) is 11.8 Å². The summed E-state index contributed by atoms with van der Waals surface area (Å²) in [5, 5.41) is 3.38. The fourth-order valence-electron chi connectivity index (χ4n) is 3.05. The van der Waals surface area contributed by atoms with Gasteiger partial charge < -0.3 is 15.1 Å². The van der Waals surface area contributed by atoms with Gasteiger partial charge in [0.15, 0.2) is 0 Å². The lowest BCUT2D eigenvalue weighted by Crippen LogP contribution is -2.37. The molecule has 1 N–H and O–H groups in total. The Morgan fingerprint density at radius 3 is 2.45 bits per heavy atom. The van der Waals surface area contributed by atoms with Crippen molar-refractivity contribution < 1.29 is 14.4 Å². The van der Waals surface area contributed by atoms with Gasteiger partial charge in [0.1, 0.15) is 0 Å². The smallest absolute Gasteiger partial charge is 0.258 e. The van der Waals surface area contributed by atoms with Gasteiger partial charge in [-0.15, -0.1) is 0 Å². The van der Waals surface area contributed by atoms with Gasteiger partial charge in [-0.3, -0.25) is 14.4 Å². The summed E-state index contributed by atoms with van der Waals surface area (Å²) in [5.41, 5.74) is 2.43. The van der Waals surface area contributed by atoms with E-state index in [4.69, 9.17) is 23.2 Å². The van der Waals surface area contributed by atoms with Crippen LogP contribution in [0.5, 0.6) is 0 Å². The molecule has 2 aromatic carbocycles. The lowest BCUT2D eigenvalue weighted by molar-refractivity contribution is -0.133. The number of hydrogen-bond donors (Lipinski definition) is 1. The summed E-state index contributed by atoms with van der Waals surface area (Å²) in [6, 6.07) is 11.9. The van der Waals surface area contributed by atoms with Crippen LogP contribution in [-0.4, -0.2) is 47.7 Å². The highest BCUT2D eigenvalue weighted by atomic mass is 35.5. The highest BCUT2D eigenvalue weighted by Gasteiger charge is 2.30. The Balaban J connectivity index is 1.52. The Morgan fingerprint density at radius 1 is 1.10 bits per heavy atom. The van der Waals surface area contributed by atoms with E-state index in [1.807, 2.05) is 12.1 Å². The summed E-state index contributed by atoms with van der Waals surface area (Å²) in [4.78, 5) is 39.9. The van der Waals surface area contributed by atoms with E-state index in [9.17, 15) is 14.4 Å². The molecule has 29 heavy (non-hydrogen) atoms. The zero-order valence-corrected chi connectivity index (χ0v) is 17.3. The largest absolute Gasteiger partial charge is 0.336 e. The molecule has 0 unspecified atom stereocenters. The van der Waals surface area contributed by atoms with E-state index < -0.39 is 0 Å². The van der Waals surface area contributed by atoms with Crippen LogP contribution in [0.4, 0.5) is 5.69 Å². The first-order valence-electron chi connectivity index (χ1n) is 8.87. The molecule has 2 aromatic rings. The van der Waals surface area contributed by atoms with E-state index >= 15 is 0 Å². The number of nitrogens with zero attached hydrogens (tertiary/aromatic N) is 2. The van der Waals surface area contributed by atoms with E-state index in [0.29, 0.717) is 27.0 Å². The van der Waals surface area contributed by atoms with Crippen LogP contribution >= 0.6 is 23.2 Å². The average Bonchev–Trinajstić information content (AvgIpc) is 2.93. The van der Waals surface area contributed by atoms with Crippen molar-refractivity contribution in [1.29, 1.82) is 0 Å². The molecule has 0 spiro atoms. The molecule has 0 fully saturated rings. The Labute approximate surface area is 178 Å². The van der Waals surface area contributed by atoms with Gasteiger partial charge in [-0.2, -0.15) is 0 Å². The molecule has 3 rings (SSSR count). The van der Waals surface area contributed by atoms with Crippen molar-refractivity contribution in [1.82, 2.24) is 9.80 Å². The van der Waals surface area contributed by atoms with Crippen LogP contribution in [-0.2, 0) is 9.59 Å². The average molecular weight is 432 g/mol. The predicted molar refractivity (Wildman–Crippen MR) is 114 cm³/mol. The number of halogens is 2. The number of hydrogen-bond acceptors (Lipinski definition) is 3. The van der Waals surface area contributed by atoms with Gasteiger partial charge in [-0.05, 0) is 24.3 Å². The molecule has 1 aliphatic heterocycles. The molecule has 0 aromatic heterocycles. The minimum Gasteiger partial charge on any atom is -0.336 e. The molecule has 1 aliphatic rings. The molecule has 0 radical (unpaired) electrons. The Bertz CT molecular complexity index is 971. The van der Waals surface area contributed by atoms with Crippen LogP contribution in [0.2, 0.25) is 10.0 Å². The molecule has 0 atom stereocenters. The van der Waals surface area contributed by atoms with Crippen molar-refractivity contribution in [2.24, 2.45) is 0 Å². The molecule has 150 valence electrons. The lowest BCUT2D eigenvalue weighted by Gasteiger charge is -2.20. The monoisotopic (exact) mass is 431 g/mol. The van der Waals surface area contributed by atoms with Crippen LogP contribution < -0.4 is 5.32 Å². The number of carbonyl (C=O) groups is 3. The first-order valence-corrected chi connectivity index (χ1v) is 9.62. The Kier molecular flexibility index (Phi) is 6.25. The van der Waals surface area contributed by atoms with Crippen LogP contribution in [0.3, 0.4) is 0 Å². The van der Waals surface area contributed by atoms with Gasteiger partial charge in [0.25, 0.3) is 5.91 Å². The minimum atomic E-state index is -0.367. The SMILES string of the molecule is C=C1c2ccccc2C(=O)N1CCC(=O)N(C)CC(=O)Nc1ccc(Cl)c(Cl)c1. The lowest BCUT2D eigenvalue weighted by atomic mass is 10.1. The molecule has 3 amide bonds. The third kappa shape index (κ3) is 4.60. The van der Waals surface area contributed by atoms with Crippen molar-refractivity contribution in [3.8, 4) is 0 Å². The van der Waals surface area contributed by atoms with Crippen LogP contribution in [0, 0.1) is 0 Å². The topological polar surface area (TPSA) is 69.7 Å². The number of carbonyl (C=O) groups excluding carboxylic acids is 3. The van der Waals surface area contributed by atoms with E-state index in [0.717, 1.165) is 5.56 Å². The number of anilines is 1. The summed E-state index contributed by atoms with van der Waals surface area (Å²) in [6.07, 6.45) is 0.0787. The summed E-state index contributed by atoms with van der Waals surface area (Å²) in [6.45, 7) is 4.02. The standard InChI is InChI=1S/C21H19Cl2N3O3/c1-13-15-5-3-4-6-16(15)21(29)26(13)10-9-20(28)25(2)12-19(27)24-14-7-8-17(22)18(23)11-14/h3-8,11H,1,9-10,12H2,2H3,(H,24,27).